The maximum absolute atomic E-state index is 12.3. The number of halogens is 1. The van der Waals surface area contributed by atoms with E-state index in [2.05, 4.69) is 26.2 Å². The average Bonchev–Trinajstić information content (AvgIpc) is 2.38. The second-order valence-electron chi connectivity index (χ2n) is 4.58. The van der Waals surface area contributed by atoms with Crippen LogP contribution in [0, 0.1) is 6.92 Å². The Morgan fingerprint density at radius 3 is 2.89 bits per heavy atom. The van der Waals surface area contributed by atoms with Crippen molar-refractivity contribution in [3.05, 3.63) is 40.0 Å². The molecule has 19 heavy (non-hydrogen) atoms. The summed E-state index contributed by atoms with van der Waals surface area (Å²) in [5.41, 5.74) is 7.79. The minimum Gasteiger partial charge on any atom is -0.348 e. The van der Waals surface area contributed by atoms with Crippen LogP contribution in [0.1, 0.15) is 23.0 Å². The van der Waals surface area contributed by atoms with Gasteiger partial charge in [-0.3, -0.25) is 9.78 Å². The van der Waals surface area contributed by atoms with Gasteiger partial charge in [0.25, 0.3) is 5.91 Å². The largest absolute Gasteiger partial charge is 0.348 e. The highest BCUT2D eigenvalue weighted by molar-refractivity contribution is 9.10. The minimum atomic E-state index is -0.119. The number of aromatic nitrogens is 1. The molecule has 4 nitrogen and oxygen atoms in total. The zero-order valence-electron chi connectivity index (χ0n) is 10.9. The Bertz CT molecular complexity index is 627. The van der Waals surface area contributed by atoms with Gasteiger partial charge in [-0.05, 0) is 38.1 Å². The zero-order chi connectivity index (χ0) is 14.0. The molecule has 1 aromatic heterocycles. The normalized spacial score (nSPS) is 12.4. The maximum atomic E-state index is 12.3. The number of nitrogens with zero attached hydrogens (tertiary/aromatic N) is 1. The first kappa shape index (κ1) is 14.0. The van der Waals surface area contributed by atoms with Crippen LogP contribution in [0.2, 0.25) is 0 Å². The average molecular weight is 322 g/mol. The van der Waals surface area contributed by atoms with E-state index in [1.807, 2.05) is 32.0 Å². The number of carbonyl (C=O) groups excluding carboxylic acids is 1. The summed E-state index contributed by atoms with van der Waals surface area (Å²) in [6.07, 6.45) is 0. The van der Waals surface area contributed by atoms with Gasteiger partial charge in [0.05, 0.1) is 11.1 Å². The molecule has 2 rings (SSSR count). The van der Waals surface area contributed by atoms with Crippen molar-refractivity contribution in [2.45, 2.75) is 19.9 Å². The number of carbonyl (C=O) groups is 1. The summed E-state index contributed by atoms with van der Waals surface area (Å²) < 4.78 is 0.923. The van der Waals surface area contributed by atoms with Crippen LogP contribution in [-0.2, 0) is 0 Å². The Labute approximate surface area is 120 Å². The fraction of sp³-hybridized carbons (Fsp3) is 0.286. The number of hydrogen-bond acceptors (Lipinski definition) is 3. The van der Waals surface area contributed by atoms with Crippen LogP contribution in [0.15, 0.2) is 28.7 Å². The molecule has 0 spiro atoms. The summed E-state index contributed by atoms with van der Waals surface area (Å²) in [6.45, 7) is 4.17. The van der Waals surface area contributed by atoms with Crippen molar-refractivity contribution in [1.82, 2.24) is 10.3 Å². The van der Waals surface area contributed by atoms with Crippen LogP contribution in [0.3, 0.4) is 0 Å². The summed E-state index contributed by atoms with van der Waals surface area (Å²) in [6, 6.07) is 7.47. The number of aryl methyl sites for hydroxylation is 1. The molecule has 0 aliphatic carbocycles. The molecule has 2 aromatic rings. The van der Waals surface area contributed by atoms with E-state index in [4.69, 9.17) is 5.73 Å². The number of benzene rings is 1. The Hall–Kier alpha value is -1.46. The highest BCUT2D eigenvalue weighted by Crippen LogP contribution is 2.22. The molecule has 0 unspecified atom stereocenters. The lowest BCUT2D eigenvalue weighted by atomic mass is 10.1. The van der Waals surface area contributed by atoms with Crippen molar-refractivity contribution >= 4 is 32.7 Å². The van der Waals surface area contributed by atoms with Gasteiger partial charge in [0.15, 0.2) is 0 Å². The molecule has 1 heterocycles. The van der Waals surface area contributed by atoms with Crippen LogP contribution in [-0.4, -0.2) is 23.5 Å². The van der Waals surface area contributed by atoms with Crippen LogP contribution < -0.4 is 11.1 Å². The molecule has 1 atom stereocenters. The minimum absolute atomic E-state index is 0.0526. The van der Waals surface area contributed by atoms with Gasteiger partial charge in [0.2, 0.25) is 0 Å². The first-order chi connectivity index (χ1) is 9.01. The first-order valence-electron chi connectivity index (χ1n) is 6.09. The molecule has 0 aliphatic heterocycles. The molecule has 5 heteroatoms. The van der Waals surface area contributed by atoms with Gasteiger partial charge in [0.1, 0.15) is 0 Å². The van der Waals surface area contributed by atoms with Gasteiger partial charge in [0, 0.05) is 28.1 Å². The molecule has 1 aromatic carbocycles. The van der Waals surface area contributed by atoms with Gasteiger partial charge in [-0.25, -0.2) is 0 Å². The molecular formula is C14H16BrN3O. The number of nitrogens with one attached hydrogen (secondary N) is 1. The van der Waals surface area contributed by atoms with Crippen molar-refractivity contribution in [3.8, 4) is 0 Å². The van der Waals surface area contributed by atoms with Gasteiger partial charge in [-0.1, -0.05) is 15.9 Å². The molecule has 0 fully saturated rings. The Kier molecular flexibility index (Phi) is 4.17. The molecule has 0 saturated carbocycles. The zero-order valence-corrected chi connectivity index (χ0v) is 12.5. The second-order valence-corrected chi connectivity index (χ2v) is 5.50. The SMILES string of the molecule is Cc1cc(C(=O)N[C@@H](C)CN)c2cc(Br)ccc2n1. The Morgan fingerprint density at radius 2 is 2.21 bits per heavy atom. The molecule has 3 N–H and O–H groups in total. The van der Waals surface area contributed by atoms with Crippen molar-refractivity contribution in [2.75, 3.05) is 6.54 Å². The predicted molar refractivity (Wildman–Crippen MR) is 80.2 cm³/mol. The van der Waals surface area contributed by atoms with Gasteiger partial charge < -0.3 is 11.1 Å². The highest BCUT2D eigenvalue weighted by atomic mass is 79.9. The van der Waals surface area contributed by atoms with E-state index < -0.39 is 0 Å². The van der Waals surface area contributed by atoms with Gasteiger partial charge >= 0.3 is 0 Å². The number of nitrogens with two attached hydrogens (primary N) is 1. The molecule has 0 radical (unpaired) electrons. The lowest BCUT2D eigenvalue weighted by Crippen LogP contribution is -2.37. The standard InChI is InChI=1S/C14H16BrN3O/c1-8-5-12(14(19)18-9(2)7-16)11-6-10(15)3-4-13(11)17-8/h3-6,9H,7,16H2,1-2H3,(H,18,19)/t9-/m0/s1. The third-order valence-corrected chi connectivity index (χ3v) is 3.37. The van der Waals surface area contributed by atoms with Crippen molar-refractivity contribution in [1.29, 1.82) is 0 Å². The third-order valence-electron chi connectivity index (χ3n) is 2.87. The van der Waals surface area contributed by atoms with E-state index in [0.717, 1.165) is 21.1 Å². The van der Waals surface area contributed by atoms with E-state index in [1.54, 1.807) is 6.07 Å². The summed E-state index contributed by atoms with van der Waals surface area (Å²) >= 11 is 3.42. The molecule has 0 bridgehead atoms. The van der Waals surface area contributed by atoms with Crippen LogP contribution in [0.4, 0.5) is 0 Å². The topological polar surface area (TPSA) is 68.0 Å². The van der Waals surface area contributed by atoms with Gasteiger partial charge in [-0.15, -0.1) is 0 Å². The van der Waals surface area contributed by atoms with Crippen molar-refractivity contribution < 1.29 is 4.79 Å². The van der Waals surface area contributed by atoms with E-state index in [9.17, 15) is 4.79 Å². The van der Waals surface area contributed by atoms with Crippen molar-refractivity contribution in [2.24, 2.45) is 5.73 Å². The molecule has 1 amide bonds. The summed E-state index contributed by atoms with van der Waals surface area (Å²) in [7, 11) is 0. The summed E-state index contributed by atoms with van der Waals surface area (Å²) in [5.74, 6) is -0.119. The van der Waals surface area contributed by atoms with E-state index in [1.165, 1.54) is 0 Å². The van der Waals surface area contributed by atoms with E-state index >= 15 is 0 Å². The Morgan fingerprint density at radius 1 is 1.47 bits per heavy atom. The fourth-order valence-corrected chi connectivity index (χ4v) is 2.24. The molecular weight excluding hydrogens is 306 g/mol. The molecule has 0 saturated heterocycles. The van der Waals surface area contributed by atoms with Crippen LogP contribution in [0.5, 0.6) is 0 Å². The van der Waals surface area contributed by atoms with Gasteiger partial charge in [-0.2, -0.15) is 0 Å². The maximum Gasteiger partial charge on any atom is 0.252 e. The third kappa shape index (κ3) is 3.11. The first-order valence-corrected chi connectivity index (χ1v) is 6.88. The lowest BCUT2D eigenvalue weighted by molar-refractivity contribution is 0.0943. The predicted octanol–water partition coefficient (Wildman–Crippen LogP) is 2.38. The highest BCUT2D eigenvalue weighted by Gasteiger charge is 2.14. The monoisotopic (exact) mass is 321 g/mol. The number of amides is 1. The lowest BCUT2D eigenvalue weighted by Gasteiger charge is -2.13. The molecule has 100 valence electrons. The van der Waals surface area contributed by atoms with Crippen LogP contribution in [0.25, 0.3) is 10.9 Å². The smallest absolute Gasteiger partial charge is 0.252 e. The quantitative estimate of drug-likeness (QED) is 0.912. The second kappa shape index (κ2) is 5.67. The van der Waals surface area contributed by atoms with E-state index in [-0.39, 0.29) is 11.9 Å². The Balaban J connectivity index is 2.52. The fourth-order valence-electron chi connectivity index (χ4n) is 1.88. The van der Waals surface area contributed by atoms with Crippen molar-refractivity contribution in [3.63, 3.8) is 0 Å². The number of rotatable bonds is 3. The van der Waals surface area contributed by atoms with Crippen LogP contribution >= 0.6 is 15.9 Å². The summed E-state index contributed by atoms with van der Waals surface area (Å²) in [5, 5.41) is 3.71. The number of fused-ring (bicyclic) bond motifs is 1. The number of pyridine rings is 1. The summed E-state index contributed by atoms with van der Waals surface area (Å²) in [4.78, 5) is 16.7. The number of hydrogen-bond donors (Lipinski definition) is 2. The molecule has 0 aliphatic rings. The van der Waals surface area contributed by atoms with E-state index in [0.29, 0.717) is 12.1 Å².